The molecule has 0 aromatic rings. The first-order valence-electron chi connectivity index (χ1n) is 6.55. The average molecular weight is 266 g/mol. The minimum Gasteiger partial charge on any atom is -0.317 e. The zero-order valence-corrected chi connectivity index (χ0v) is 11.8. The van der Waals surface area contributed by atoms with Crippen LogP contribution in [0.4, 0.5) is 13.2 Å². The van der Waals surface area contributed by atoms with Crippen molar-refractivity contribution in [3.05, 3.63) is 0 Å². The van der Waals surface area contributed by atoms with Crippen molar-refractivity contribution < 1.29 is 13.2 Å². The lowest BCUT2D eigenvalue weighted by Crippen LogP contribution is -2.47. The Balaban J connectivity index is 2.56. The number of nitrogens with one attached hydrogen (secondary N) is 1. The molecule has 0 aliphatic heterocycles. The van der Waals surface area contributed by atoms with Gasteiger partial charge in [-0.05, 0) is 44.7 Å². The second kappa shape index (κ2) is 5.78. The predicted molar refractivity (Wildman–Crippen MR) is 67.5 cm³/mol. The third kappa shape index (κ3) is 5.14. The second-order valence-electron chi connectivity index (χ2n) is 6.37. The van der Waals surface area contributed by atoms with Gasteiger partial charge in [-0.1, -0.05) is 13.8 Å². The van der Waals surface area contributed by atoms with Gasteiger partial charge in [-0.25, -0.2) is 0 Å². The van der Waals surface area contributed by atoms with Crippen molar-refractivity contribution in [1.82, 2.24) is 10.2 Å². The van der Waals surface area contributed by atoms with E-state index in [9.17, 15) is 13.2 Å². The minimum atomic E-state index is -4.10. The van der Waals surface area contributed by atoms with Crippen LogP contribution < -0.4 is 5.32 Å². The van der Waals surface area contributed by atoms with Crippen molar-refractivity contribution in [2.75, 3.05) is 27.2 Å². The van der Waals surface area contributed by atoms with Crippen LogP contribution in [0.2, 0.25) is 0 Å². The summed E-state index contributed by atoms with van der Waals surface area (Å²) in [4.78, 5) is 1.40. The molecular weight excluding hydrogens is 241 g/mol. The molecule has 108 valence electrons. The fourth-order valence-corrected chi connectivity index (χ4v) is 3.08. The van der Waals surface area contributed by atoms with E-state index in [2.05, 4.69) is 19.2 Å². The predicted octanol–water partition coefficient (Wildman–Crippen LogP) is 2.89. The summed E-state index contributed by atoms with van der Waals surface area (Å²) in [5.74, 6) is 0.297. The molecule has 1 rings (SSSR count). The Morgan fingerprint density at radius 2 is 1.94 bits per heavy atom. The fraction of sp³-hybridized carbons (Fsp3) is 1.00. The lowest BCUT2D eigenvalue weighted by molar-refractivity contribution is -0.145. The molecule has 0 heterocycles. The first-order valence-corrected chi connectivity index (χ1v) is 6.55. The highest BCUT2D eigenvalue weighted by Crippen LogP contribution is 2.39. The first-order chi connectivity index (χ1) is 8.13. The molecule has 0 amide bonds. The van der Waals surface area contributed by atoms with Gasteiger partial charge in [0, 0.05) is 12.6 Å². The van der Waals surface area contributed by atoms with Crippen molar-refractivity contribution in [3.63, 3.8) is 0 Å². The van der Waals surface area contributed by atoms with Crippen LogP contribution >= 0.6 is 0 Å². The standard InChI is InChI=1S/C13H25F3N2/c1-12(2)6-5-11(17-3)10(7-12)8-18(4)9-13(14,15)16/h10-11,17H,5-9H2,1-4H3. The van der Waals surface area contributed by atoms with E-state index >= 15 is 0 Å². The first kappa shape index (κ1) is 15.8. The quantitative estimate of drug-likeness (QED) is 0.841. The summed E-state index contributed by atoms with van der Waals surface area (Å²) in [7, 11) is 3.46. The maximum Gasteiger partial charge on any atom is 0.401 e. The summed E-state index contributed by atoms with van der Waals surface area (Å²) < 4.78 is 37.0. The summed E-state index contributed by atoms with van der Waals surface area (Å²) in [5.41, 5.74) is 0.247. The Hall–Kier alpha value is -0.290. The number of alkyl halides is 3. The summed E-state index contributed by atoms with van der Waals surface area (Å²) in [6.45, 7) is 4.10. The molecule has 1 fully saturated rings. The van der Waals surface area contributed by atoms with Crippen LogP contribution in [0.25, 0.3) is 0 Å². The van der Waals surface area contributed by atoms with E-state index in [4.69, 9.17) is 0 Å². The van der Waals surface area contributed by atoms with Gasteiger partial charge < -0.3 is 5.32 Å². The van der Waals surface area contributed by atoms with Crippen molar-refractivity contribution in [1.29, 1.82) is 0 Å². The van der Waals surface area contributed by atoms with E-state index in [1.54, 1.807) is 7.05 Å². The lowest BCUT2D eigenvalue weighted by Gasteiger charge is -2.42. The molecule has 1 N–H and O–H groups in total. The van der Waals surface area contributed by atoms with Crippen molar-refractivity contribution >= 4 is 0 Å². The molecule has 0 saturated heterocycles. The van der Waals surface area contributed by atoms with Gasteiger partial charge in [-0.2, -0.15) is 13.2 Å². The summed E-state index contributed by atoms with van der Waals surface area (Å²) in [6, 6.07) is 0.341. The molecule has 1 aliphatic rings. The zero-order chi connectivity index (χ0) is 14.0. The van der Waals surface area contributed by atoms with Gasteiger partial charge in [0.1, 0.15) is 0 Å². The molecule has 0 radical (unpaired) electrons. The van der Waals surface area contributed by atoms with Gasteiger partial charge in [-0.3, -0.25) is 4.90 Å². The van der Waals surface area contributed by atoms with Gasteiger partial charge in [0.2, 0.25) is 0 Å². The molecule has 0 aromatic carbocycles. The van der Waals surface area contributed by atoms with Crippen LogP contribution in [0.3, 0.4) is 0 Å². The van der Waals surface area contributed by atoms with E-state index in [1.807, 2.05) is 7.05 Å². The van der Waals surface area contributed by atoms with Gasteiger partial charge in [0.15, 0.2) is 0 Å². The maximum atomic E-state index is 12.3. The Bertz CT molecular complexity index is 263. The Morgan fingerprint density at radius 3 is 2.44 bits per heavy atom. The fourth-order valence-electron chi connectivity index (χ4n) is 3.08. The smallest absolute Gasteiger partial charge is 0.317 e. The molecule has 2 atom stereocenters. The normalized spacial score (nSPS) is 28.7. The average Bonchev–Trinajstić information content (AvgIpc) is 2.13. The highest BCUT2D eigenvalue weighted by Gasteiger charge is 2.36. The largest absolute Gasteiger partial charge is 0.401 e. The van der Waals surface area contributed by atoms with Crippen molar-refractivity contribution in [2.24, 2.45) is 11.3 Å². The number of hydrogen-bond acceptors (Lipinski definition) is 2. The molecule has 0 bridgehead atoms. The molecular formula is C13H25F3N2. The number of hydrogen-bond donors (Lipinski definition) is 1. The van der Waals surface area contributed by atoms with E-state index in [0.717, 1.165) is 19.3 Å². The van der Waals surface area contributed by atoms with E-state index in [1.165, 1.54) is 4.90 Å². The topological polar surface area (TPSA) is 15.3 Å². The van der Waals surface area contributed by atoms with Crippen LogP contribution in [-0.4, -0.2) is 44.3 Å². The molecule has 2 unspecified atom stereocenters. The summed E-state index contributed by atoms with van der Waals surface area (Å²) >= 11 is 0. The minimum absolute atomic E-state index is 0.247. The SMILES string of the molecule is CNC1CCC(C)(C)CC1CN(C)CC(F)(F)F. The van der Waals surface area contributed by atoms with E-state index in [0.29, 0.717) is 18.5 Å². The Morgan fingerprint density at radius 1 is 1.33 bits per heavy atom. The van der Waals surface area contributed by atoms with E-state index in [-0.39, 0.29) is 5.41 Å². The summed E-state index contributed by atoms with van der Waals surface area (Å²) in [5, 5.41) is 3.25. The number of rotatable bonds is 4. The highest BCUT2D eigenvalue weighted by molar-refractivity contribution is 4.89. The third-order valence-corrected chi connectivity index (χ3v) is 3.88. The second-order valence-corrected chi connectivity index (χ2v) is 6.37. The van der Waals surface area contributed by atoms with Gasteiger partial charge in [0.25, 0.3) is 0 Å². The molecule has 18 heavy (non-hydrogen) atoms. The lowest BCUT2D eigenvalue weighted by atomic mass is 9.70. The zero-order valence-electron chi connectivity index (χ0n) is 11.8. The van der Waals surface area contributed by atoms with Crippen LogP contribution in [0.15, 0.2) is 0 Å². The van der Waals surface area contributed by atoms with Gasteiger partial charge in [-0.15, -0.1) is 0 Å². The monoisotopic (exact) mass is 266 g/mol. The van der Waals surface area contributed by atoms with Gasteiger partial charge in [0.05, 0.1) is 6.54 Å². The van der Waals surface area contributed by atoms with Crippen LogP contribution in [0.5, 0.6) is 0 Å². The third-order valence-electron chi connectivity index (χ3n) is 3.88. The molecule has 5 heteroatoms. The highest BCUT2D eigenvalue weighted by atomic mass is 19.4. The maximum absolute atomic E-state index is 12.3. The molecule has 0 spiro atoms. The van der Waals surface area contributed by atoms with Crippen LogP contribution in [-0.2, 0) is 0 Å². The van der Waals surface area contributed by atoms with Crippen molar-refractivity contribution in [2.45, 2.75) is 45.3 Å². The Kier molecular flexibility index (Phi) is 5.06. The van der Waals surface area contributed by atoms with E-state index < -0.39 is 12.7 Å². The molecule has 1 aliphatic carbocycles. The molecule has 2 nitrogen and oxygen atoms in total. The number of nitrogens with zero attached hydrogens (tertiary/aromatic N) is 1. The number of halogens is 3. The molecule has 1 saturated carbocycles. The van der Waals surface area contributed by atoms with Crippen LogP contribution in [0.1, 0.15) is 33.1 Å². The molecule has 0 aromatic heterocycles. The Labute approximate surface area is 108 Å². The van der Waals surface area contributed by atoms with Gasteiger partial charge >= 0.3 is 6.18 Å². The van der Waals surface area contributed by atoms with Crippen LogP contribution in [0, 0.1) is 11.3 Å². The summed E-state index contributed by atoms with van der Waals surface area (Å²) in [6.07, 6.45) is -0.930. The van der Waals surface area contributed by atoms with Crippen molar-refractivity contribution in [3.8, 4) is 0 Å².